The third kappa shape index (κ3) is 4.49. The van der Waals surface area contributed by atoms with Crippen molar-refractivity contribution in [2.45, 2.75) is 34.6 Å². The van der Waals surface area contributed by atoms with Gasteiger partial charge in [0.25, 0.3) is 10.1 Å². The molecule has 0 saturated carbocycles. The predicted molar refractivity (Wildman–Crippen MR) is 62.7 cm³/mol. The number of hydrogen-bond acceptors (Lipinski definition) is 3. The Morgan fingerprint density at radius 1 is 1.19 bits per heavy atom. The molecule has 0 unspecified atom stereocenters. The third-order valence-corrected chi connectivity index (χ3v) is 3.81. The molecule has 0 aromatic carbocycles. The minimum Gasteiger partial charge on any atom is -0.355 e. The molecule has 0 fully saturated rings. The van der Waals surface area contributed by atoms with Gasteiger partial charge in [0.1, 0.15) is 0 Å². The predicted octanol–water partition coefficient (Wildman–Crippen LogP) is 1.06. The Kier molecular flexibility index (Phi) is 4.53. The first kappa shape index (κ1) is 15.4. The molecular formula is C10H21NO4S. The quantitative estimate of drug-likeness (QED) is 0.732. The number of carbonyl (C=O) groups excluding carboxylic acids is 1. The van der Waals surface area contributed by atoms with Crippen LogP contribution >= 0.6 is 0 Å². The van der Waals surface area contributed by atoms with E-state index in [9.17, 15) is 13.2 Å². The van der Waals surface area contributed by atoms with Crippen LogP contribution in [0.5, 0.6) is 0 Å². The zero-order valence-corrected chi connectivity index (χ0v) is 11.3. The van der Waals surface area contributed by atoms with E-state index in [1.54, 1.807) is 13.8 Å². The van der Waals surface area contributed by atoms with Gasteiger partial charge in [0.2, 0.25) is 5.91 Å². The lowest BCUT2D eigenvalue weighted by molar-refractivity contribution is -0.134. The van der Waals surface area contributed by atoms with Crippen LogP contribution in [-0.2, 0) is 14.9 Å². The largest absolute Gasteiger partial charge is 0.355 e. The maximum atomic E-state index is 11.8. The first-order valence-electron chi connectivity index (χ1n) is 5.11. The maximum Gasteiger partial charge on any atom is 0.266 e. The van der Waals surface area contributed by atoms with E-state index in [-0.39, 0.29) is 17.9 Å². The summed E-state index contributed by atoms with van der Waals surface area (Å²) in [6, 6.07) is 0. The van der Waals surface area contributed by atoms with Gasteiger partial charge in [0.15, 0.2) is 0 Å². The van der Waals surface area contributed by atoms with Gasteiger partial charge in [-0.05, 0) is 5.41 Å². The molecule has 1 amide bonds. The maximum absolute atomic E-state index is 11.8. The second-order valence-corrected chi connectivity index (χ2v) is 6.99. The van der Waals surface area contributed by atoms with Crippen molar-refractivity contribution in [3.63, 3.8) is 0 Å². The molecule has 0 aliphatic carbocycles. The molecule has 0 radical (unpaired) electrons. The smallest absolute Gasteiger partial charge is 0.266 e. The van der Waals surface area contributed by atoms with Crippen LogP contribution in [0.15, 0.2) is 0 Å². The molecule has 0 aliphatic rings. The molecule has 6 heteroatoms. The molecule has 0 spiro atoms. The van der Waals surface area contributed by atoms with Crippen LogP contribution in [0.2, 0.25) is 0 Å². The molecule has 0 aromatic rings. The average Bonchev–Trinajstić information content (AvgIpc) is 1.99. The van der Waals surface area contributed by atoms with Gasteiger partial charge >= 0.3 is 0 Å². The summed E-state index contributed by atoms with van der Waals surface area (Å²) in [5, 5.41) is 2.51. The van der Waals surface area contributed by atoms with Gasteiger partial charge in [0, 0.05) is 12.0 Å². The molecule has 0 heterocycles. The summed E-state index contributed by atoms with van der Waals surface area (Å²) in [4.78, 5) is 11.8. The second kappa shape index (κ2) is 4.71. The van der Waals surface area contributed by atoms with Crippen LogP contribution in [0.25, 0.3) is 0 Å². The zero-order chi connectivity index (χ0) is 13.2. The Morgan fingerprint density at radius 2 is 1.62 bits per heavy atom. The van der Waals surface area contributed by atoms with Crippen LogP contribution < -0.4 is 5.32 Å². The molecule has 5 nitrogen and oxygen atoms in total. The van der Waals surface area contributed by atoms with E-state index in [2.05, 4.69) is 5.32 Å². The first-order valence-corrected chi connectivity index (χ1v) is 6.72. The fourth-order valence-corrected chi connectivity index (χ4v) is 1.22. The van der Waals surface area contributed by atoms with Crippen molar-refractivity contribution in [1.82, 2.24) is 5.32 Å². The normalized spacial score (nSPS) is 13.6. The van der Waals surface area contributed by atoms with Crippen molar-refractivity contribution < 1.29 is 17.8 Å². The molecule has 2 N–H and O–H groups in total. The minimum atomic E-state index is -4.02. The SMILES string of the molecule is CC(C)(C)C(C)(C)C(=O)NCCS(=O)(=O)O. The Hall–Kier alpha value is -0.620. The number of amides is 1. The molecule has 0 rings (SSSR count). The molecular weight excluding hydrogens is 230 g/mol. The fourth-order valence-electron chi connectivity index (χ4n) is 0.855. The van der Waals surface area contributed by atoms with Crippen molar-refractivity contribution >= 4 is 16.0 Å². The minimum absolute atomic E-state index is 0.0722. The highest BCUT2D eigenvalue weighted by Crippen LogP contribution is 2.37. The highest BCUT2D eigenvalue weighted by atomic mass is 32.2. The van der Waals surface area contributed by atoms with E-state index in [4.69, 9.17) is 4.55 Å². The first-order chi connectivity index (χ1) is 6.88. The van der Waals surface area contributed by atoms with E-state index in [0.29, 0.717) is 0 Å². The van der Waals surface area contributed by atoms with Crippen molar-refractivity contribution in [3.8, 4) is 0 Å². The summed E-state index contributed by atoms with van der Waals surface area (Å²) in [5.74, 6) is -0.678. The summed E-state index contributed by atoms with van der Waals surface area (Å²) in [5.41, 5.74) is -0.832. The summed E-state index contributed by atoms with van der Waals surface area (Å²) in [7, 11) is -4.02. The molecule has 0 saturated heterocycles. The lowest BCUT2D eigenvalue weighted by atomic mass is 9.69. The van der Waals surface area contributed by atoms with Crippen LogP contribution in [0.1, 0.15) is 34.6 Å². The average molecular weight is 251 g/mol. The molecule has 0 aliphatic heterocycles. The highest BCUT2D eigenvalue weighted by Gasteiger charge is 2.39. The monoisotopic (exact) mass is 251 g/mol. The molecule has 0 aromatic heterocycles. The molecule has 0 bridgehead atoms. The van der Waals surface area contributed by atoms with Crippen LogP contribution in [0.3, 0.4) is 0 Å². The number of carbonyl (C=O) groups is 1. The van der Waals surface area contributed by atoms with Gasteiger partial charge < -0.3 is 5.32 Å². The Balaban J connectivity index is 4.39. The van der Waals surface area contributed by atoms with Crippen LogP contribution in [0.4, 0.5) is 0 Å². The molecule has 96 valence electrons. The zero-order valence-electron chi connectivity index (χ0n) is 10.5. The van der Waals surface area contributed by atoms with Gasteiger partial charge in [-0.2, -0.15) is 8.42 Å². The lowest BCUT2D eigenvalue weighted by Crippen LogP contribution is -2.46. The Morgan fingerprint density at radius 3 is 1.94 bits per heavy atom. The van der Waals surface area contributed by atoms with Gasteiger partial charge in [-0.3, -0.25) is 9.35 Å². The van der Waals surface area contributed by atoms with Crippen molar-refractivity contribution in [2.75, 3.05) is 12.3 Å². The number of rotatable bonds is 4. The van der Waals surface area contributed by atoms with Gasteiger partial charge in [0.05, 0.1) is 5.75 Å². The molecule has 16 heavy (non-hydrogen) atoms. The van der Waals surface area contributed by atoms with Gasteiger partial charge in [-0.15, -0.1) is 0 Å². The van der Waals surface area contributed by atoms with Gasteiger partial charge in [-0.1, -0.05) is 34.6 Å². The number of nitrogens with one attached hydrogen (secondary N) is 1. The van der Waals surface area contributed by atoms with E-state index in [0.717, 1.165) is 0 Å². The third-order valence-electron chi connectivity index (χ3n) is 3.09. The van der Waals surface area contributed by atoms with E-state index < -0.39 is 21.3 Å². The van der Waals surface area contributed by atoms with Crippen molar-refractivity contribution in [3.05, 3.63) is 0 Å². The van der Waals surface area contributed by atoms with Crippen molar-refractivity contribution in [2.24, 2.45) is 10.8 Å². The van der Waals surface area contributed by atoms with Gasteiger partial charge in [-0.25, -0.2) is 0 Å². The topological polar surface area (TPSA) is 83.5 Å². The lowest BCUT2D eigenvalue weighted by Gasteiger charge is -2.37. The standard InChI is InChI=1S/C10H21NO4S/c1-9(2,3)10(4,5)8(12)11-6-7-16(13,14)15/h6-7H2,1-5H3,(H,11,12)(H,13,14,15). The van der Waals surface area contributed by atoms with Crippen molar-refractivity contribution in [1.29, 1.82) is 0 Å². The fraction of sp³-hybridized carbons (Fsp3) is 0.900. The van der Waals surface area contributed by atoms with Crippen LogP contribution in [0, 0.1) is 10.8 Å². The van der Waals surface area contributed by atoms with E-state index in [1.165, 1.54) is 0 Å². The summed E-state index contributed by atoms with van der Waals surface area (Å²) >= 11 is 0. The summed E-state index contributed by atoms with van der Waals surface area (Å²) < 4.78 is 29.4. The second-order valence-electron chi connectivity index (χ2n) is 5.42. The van der Waals surface area contributed by atoms with E-state index >= 15 is 0 Å². The molecule has 0 atom stereocenters. The Bertz CT molecular complexity index is 352. The highest BCUT2D eigenvalue weighted by molar-refractivity contribution is 7.85. The van der Waals surface area contributed by atoms with E-state index in [1.807, 2.05) is 20.8 Å². The Labute approximate surface area is 97.4 Å². The summed E-state index contributed by atoms with van der Waals surface area (Å²) in [6.07, 6.45) is 0. The number of hydrogen-bond donors (Lipinski definition) is 2. The van der Waals surface area contributed by atoms with Crippen LogP contribution in [-0.4, -0.2) is 31.2 Å². The summed E-state index contributed by atoms with van der Waals surface area (Å²) in [6.45, 7) is 9.35.